The van der Waals surface area contributed by atoms with Crippen LogP contribution in [0.3, 0.4) is 0 Å². The first kappa shape index (κ1) is 15.3. The molecular formula is C17H17N3O3. The van der Waals surface area contributed by atoms with Crippen molar-refractivity contribution in [2.45, 2.75) is 25.5 Å². The van der Waals surface area contributed by atoms with Crippen LogP contribution in [-0.2, 0) is 16.1 Å². The molecule has 23 heavy (non-hydrogen) atoms. The molecule has 2 heterocycles. The number of benzene rings is 1. The van der Waals surface area contributed by atoms with Crippen molar-refractivity contribution in [1.82, 2.24) is 9.88 Å². The van der Waals surface area contributed by atoms with E-state index in [-0.39, 0.29) is 29.5 Å². The van der Waals surface area contributed by atoms with Crippen LogP contribution < -0.4 is 10.7 Å². The van der Waals surface area contributed by atoms with E-state index in [1.54, 1.807) is 28.8 Å². The molecule has 1 amide bonds. The molecule has 1 N–H and O–H groups in total. The summed E-state index contributed by atoms with van der Waals surface area (Å²) in [4.78, 5) is 24.3. The zero-order valence-corrected chi connectivity index (χ0v) is 12.6. The van der Waals surface area contributed by atoms with Crippen molar-refractivity contribution in [3.63, 3.8) is 0 Å². The molecule has 0 bridgehead atoms. The maximum atomic E-state index is 12.1. The summed E-state index contributed by atoms with van der Waals surface area (Å²) >= 11 is 0. The van der Waals surface area contributed by atoms with Gasteiger partial charge in [-0.2, -0.15) is 5.26 Å². The number of ether oxygens (including phenoxy) is 1. The molecule has 0 aliphatic carbocycles. The zero-order valence-electron chi connectivity index (χ0n) is 12.6. The summed E-state index contributed by atoms with van der Waals surface area (Å²) in [6, 6.07) is 8.87. The van der Waals surface area contributed by atoms with Gasteiger partial charge in [0.1, 0.15) is 18.2 Å². The van der Waals surface area contributed by atoms with Crippen molar-refractivity contribution in [2.24, 2.45) is 0 Å². The number of nitriles is 1. The van der Waals surface area contributed by atoms with E-state index in [2.05, 4.69) is 5.32 Å². The van der Waals surface area contributed by atoms with Gasteiger partial charge in [0.2, 0.25) is 11.3 Å². The predicted molar refractivity (Wildman–Crippen MR) is 84.9 cm³/mol. The van der Waals surface area contributed by atoms with E-state index in [9.17, 15) is 9.59 Å². The highest BCUT2D eigenvalue weighted by molar-refractivity contribution is 5.83. The maximum absolute atomic E-state index is 12.1. The molecular weight excluding hydrogens is 294 g/mol. The SMILES string of the molecule is N#Cc1cn(CC(=O)NC[C@@H]2CCCO2)c2ccccc2c1=O. The van der Waals surface area contributed by atoms with Gasteiger partial charge < -0.3 is 14.6 Å². The van der Waals surface area contributed by atoms with Crippen LogP contribution in [0.1, 0.15) is 18.4 Å². The van der Waals surface area contributed by atoms with E-state index in [1.807, 2.05) is 6.07 Å². The minimum atomic E-state index is -0.306. The summed E-state index contributed by atoms with van der Waals surface area (Å²) < 4.78 is 7.11. The number of nitrogens with one attached hydrogen (secondary N) is 1. The van der Waals surface area contributed by atoms with Crippen LogP contribution in [0.4, 0.5) is 0 Å². The van der Waals surface area contributed by atoms with E-state index in [1.165, 1.54) is 6.20 Å². The predicted octanol–water partition coefficient (Wildman–Crippen LogP) is 1.17. The molecule has 1 aliphatic heterocycles. The molecule has 0 radical (unpaired) electrons. The van der Waals surface area contributed by atoms with Crippen molar-refractivity contribution in [1.29, 1.82) is 5.26 Å². The highest BCUT2D eigenvalue weighted by Gasteiger charge is 2.17. The molecule has 118 valence electrons. The monoisotopic (exact) mass is 311 g/mol. The summed E-state index contributed by atoms with van der Waals surface area (Å²) in [5.74, 6) is -0.168. The number of carbonyl (C=O) groups is 1. The first-order valence-electron chi connectivity index (χ1n) is 7.59. The third-order valence-electron chi connectivity index (χ3n) is 3.97. The van der Waals surface area contributed by atoms with Crippen LogP contribution >= 0.6 is 0 Å². The summed E-state index contributed by atoms with van der Waals surface area (Å²) in [6.45, 7) is 1.29. The minimum absolute atomic E-state index is 0.0376. The maximum Gasteiger partial charge on any atom is 0.240 e. The number of nitrogens with zero attached hydrogens (tertiary/aromatic N) is 2. The zero-order chi connectivity index (χ0) is 16.2. The van der Waals surface area contributed by atoms with Crippen molar-refractivity contribution in [3.8, 4) is 6.07 Å². The fraction of sp³-hybridized carbons (Fsp3) is 0.353. The molecule has 3 rings (SSSR count). The topological polar surface area (TPSA) is 84.1 Å². The molecule has 1 atom stereocenters. The highest BCUT2D eigenvalue weighted by atomic mass is 16.5. The molecule has 1 aromatic carbocycles. The number of pyridine rings is 1. The lowest BCUT2D eigenvalue weighted by Gasteiger charge is -2.14. The molecule has 1 fully saturated rings. The number of fused-ring (bicyclic) bond motifs is 1. The second kappa shape index (κ2) is 6.63. The van der Waals surface area contributed by atoms with E-state index >= 15 is 0 Å². The van der Waals surface area contributed by atoms with Crippen LogP contribution in [0.15, 0.2) is 35.3 Å². The highest BCUT2D eigenvalue weighted by Crippen LogP contribution is 2.12. The van der Waals surface area contributed by atoms with E-state index in [0.29, 0.717) is 17.4 Å². The average Bonchev–Trinajstić information content (AvgIpc) is 3.09. The molecule has 0 unspecified atom stereocenters. The van der Waals surface area contributed by atoms with Crippen molar-refractivity contribution >= 4 is 16.8 Å². The number of hydrogen-bond donors (Lipinski definition) is 1. The Balaban J connectivity index is 1.81. The van der Waals surface area contributed by atoms with E-state index in [4.69, 9.17) is 10.00 Å². The largest absolute Gasteiger partial charge is 0.376 e. The lowest BCUT2D eigenvalue weighted by atomic mass is 10.1. The number of carbonyl (C=O) groups excluding carboxylic acids is 1. The summed E-state index contributed by atoms with van der Waals surface area (Å²) in [5.41, 5.74) is 0.374. The van der Waals surface area contributed by atoms with Crippen LogP contribution in [0.5, 0.6) is 0 Å². The third-order valence-corrected chi connectivity index (χ3v) is 3.97. The standard InChI is InChI=1S/C17H17N3O3/c18-8-12-10-20(15-6-2-1-5-14(15)17(12)22)11-16(21)19-9-13-4-3-7-23-13/h1-2,5-6,10,13H,3-4,7,9,11H2,(H,19,21)/t13-/m0/s1. The Kier molecular flexibility index (Phi) is 4.40. The van der Waals surface area contributed by atoms with Gasteiger partial charge in [0, 0.05) is 24.7 Å². The fourth-order valence-corrected chi connectivity index (χ4v) is 2.80. The lowest BCUT2D eigenvalue weighted by molar-refractivity contribution is -0.122. The molecule has 1 aliphatic rings. The number of rotatable bonds is 4. The molecule has 0 spiro atoms. The first-order chi connectivity index (χ1) is 11.2. The van der Waals surface area contributed by atoms with Gasteiger partial charge in [0.15, 0.2) is 0 Å². The Morgan fingerprint density at radius 3 is 3.00 bits per heavy atom. The fourth-order valence-electron chi connectivity index (χ4n) is 2.80. The number of aromatic nitrogens is 1. The Labute approximate surface area is 133 Å². The quantitative estimate of drug-likeness (QED) is 0.918. The van der Waals surface area contributed by atoms with E-state index < -0.39 is 0 Å². The molecule has 0 saturated carbocycles. The van der Waals surface area contributed by atoms with Gasteiger partial charge in [-0.25, -0.2) is 0 Å². The Morgan fingerprint density at radius 2 is 2.26 bits per heavy atom. The second-order valence-electron chi connectivity index (χ2n) is 5.57. The van der Waals surface area contributed by atoms with Crippen LogP contribution in [-0.4, -0.2) is 29.7 Å². The summed E-state index contributed by atoms with van der Waals surface area (Å²) in [7, 11) is 0. The summed E-state index contributed by atoms with van der Waals surface area (Å²) in [5, 5.41) is 12.4. The summed E-state index contributed by atoms with van der Waals surface area (Å²) in [6.07, 6.45) is 3.51. The Morgan fingerprint density at radius 1 is 1.43 bits per heavy atom. The van der Waals surface area contributed by atoms with Gasteiger partial charge in [0.05, 0.1) is 11.6 Å². The average molecular weight is 311 g/mol. The Bertz CT molecular complexity index is 829. The molecule has 6 heteroatoms. The second-order valence-corrected chi connectivity index (χ2v) is 5.57. The first-order valence-corrected chi connectivity index (χ1v) is 7.59. The van der Waals surface area contributed by atoms with Crippen LogP contribution in [0, 0.1) is 11.3 Å². The van der Waals surface area contributed by atoms with Crippen molar-refractivity contribution in [2.75, 3.05) is 13.2 Å². The van der Waals surface area contributed by atoms with Crippen LogP contribution in [0.2, 0.25) is 0 Å². The van der Waals surface area contributed by atoms with E-state index in [0.717, 1.165) is 19.4 Å². The smallest absolute Gasteiger partial charge is 0.240 e. The number of para-hydroxylation sites is 1. The number of hydrogen-bond acceptors (Lipinski definition) is 4. The van der Waals surface area contributed by atoms with Crippen molar-refractivity contribution < 1.29 is 9.53 Å². The number of amides is 1. The van der Waals surface area contributed by atoms with Gasteiger partial charge in [-0.15, -0.1) is 0 Å². The normalized spacial score (nSPS) is 17.1. The lowest BCUT2D eigenvalue weighted by Crippen LogP contribution is -2.34. The molecule has 2 aromatic rings. The minimum Gasteiger partial charge on any atom is -0.376 e. The van der Waals surface area contributed by atoms with Gasteiger partial charge >= 0.3 is 0 Å². The molecule has 6 nitrogen and oxygen atoms in total. The Hall–Kier alpha value is -2.65. The molecule has 1 saturated heterocycles. The van der Waals surface area contributed by atoms with Gasteiger partial charge in [-0.05, 0) is 25.0 Å². The van der Waals surface area contributed by atoms with Crippen LogP contribution in [0.25, 0.3) is 10.9 Å². The third kappa shape index (κ3) is 3.25. The van der Waals surface area contributed by atoms with Gasteiger partial charge in [-0.1, -0.05) is 12.1 Å². The molecule has 1 aromatic heterocycles. The van der Waals surface area contributed by atoms with Gasteiger partial charge in [-0.3, -0.25) is 9.59 Å². The van der Waals surface area contributed by atoms with Gasteiger partial charge in [0.25, 0.3) is 0 Å². The van der Waals surface area contributed by atoms with Crippen molar-refractivity contribution in [3.05, 3.63) is 46.2 Å².